The standard InChI is InChI=1S/C13H17F3N2O3/c1-8(9(19)13(14,15)16)10-17-11(18-21-10)12(20-2)6-4-3-5-7-12/h8H,3-7H2,1-2H3. The van der Waals surface area contributed by atoms with Gasteiger partial charge in [0.25, 0.3) is 0 Å². The number of ketones is 1. The van der Waals surface area contributed by atoms with Crippen LogP contribution in [0.5, 0.6) is 0 Å². The highest BCUT2D eigenvalue weighted by atomic mass is 19.4. The number of nitrogens with zero attached hydrogens (tertiary/aromatic N) is 2. The largest absolute Gasteiger partial charge is 0.450 e. The van der Waals surface area contributed by atoms with Crippen LogP contribution < -0.4 is 0 Å². The van der Waals surface area contributed by atoms with Gasteiger partial charge in [-0.1, -0.05) is 24.4 Å². The summed E-state index contributed by atoms with van der Waals surface area (Å²) in [7, 11) is 1.52. The third kappa shape index (κ3) is 3.09. The average Bonchev–Trinajstić information content (AvgIpc) is 2.95. The van der Waals surface area contributed by atoms with Crippen molar-refractivity contribution in [1.82, 2.24) is 10.1 Å². The van der Waals surface area contributed by atoms with E-state index in [-0.39, 0.29) is 11.7 Å². The number of Topliss-reactive ketones (excluding diaryl/α,β-unsaturated/α-hetero) is 1. The van der Waals surface area contributed by atoms with Crippen molar-refractivity contribution in [2.75, 3.05) is 7.11 Å². The van der Waals surface area contributed by atoms with E-state index in [0.717, 1.165) is 26.2 Å². The van der Waals surface area contributed by atoms with Crippen LogP contribution in [-0.2, 0) is 15.1 Å². The zero-order valence-electron chi connectivity index (χ0n) is 11.9. The highest BCUT2D eigenvalue weighted by molar-refractivity contribution is 5.89. The molecule has 0 amide bonds. The Labute approximate surface area is 119 Å². The first kappa shape index (κ1) is 15.9. The summed E-state index contributed by atoms with van der Waals surface area (Å²) >= 11 is 0. The van der Waals surface area contributed by atoms with Crippen LogP contribution in [0.15, 0.2) is 4.52 Å². The number of hydrogen-bond donors (Lipinski definition) is 0. The van der Waals surface area contributed by atoms with E-state index in [1.54, 1.807) is 0 Å². The van der Waals surface area contributed by atoms with Gasteiger partial charge in [0.05, 0.1) is 0 Å². The van der Waals surface area contributed by atoms with Gasteiger partial charge in [0.15, 0.2) is 0 Å². The quantitative estimate of drug-likeness (QED) is 0.855. The van der Waals surface area contributed by atoms with Gasteiger partial charge in [-0.3, -0.25) is 4.79 Å². The predicted octanol–water partition coefficient (Wildman–Crippen LogP) is 3.11. The van der Waals surface area contributed by atoms with Crippen molar-refractivity contribution in [3.05, 3.63) is 11.7 Å². The van der Waals surface area contributed by atoms with Crippen molar-refractivity contribution in [1.29, 1.82) is 0 Å². The number of aromatic nitrogens is 2. The van der Waals surface area contributed by atoms with Gasteiger partial charge in [-0.05, 0) is 19.8 Å². The van der Waals surface area contributed by atoms with E-state index < -0.39 is 23.5 Å². The molecule has 0 aliphatic heterocycles. The first-order valence-electron chi connectivity index (χ1n) is 6.80. The monoisotopic (exact) mass is 306 g/mol. The number of methoxy groups -OCH3 is 1. The molecular weight excluding hydrogens is 289 g/mol. The number of alkyl halides is 3. The second-order valence-electron chi connectivity index (χ2n) is 5.30. The van der Waals surface area contributed by atoms with Crippen LogP contribution in [0.4, 0.5) is 13.2 Å². The minimum atomic E-state index is -4.92. The summed E-state index contributed by atoms with van der Waals surface area (Å²) < 4.78 is 47.6. The van der Waals surface area contributed by atoms with E-state index in [2.05, 4.69) is 10.1 Å². The van der Waals surface area contributed by atoms with E-state index >= 15 is 0 Å². The zero-order chi connectivity index (χ0) is 15.7. The molecular formula is C13H17F3N2O3. The van der Waals surface area contributed by atoms with Gasteiger partial charge in [-0.2, -0.15) is 18.2 Å². The highest BCUT2D eigenvalue weighted by Crippen LogP contribution is 2.39. The van der Waals surface area contributed by atoms with Gasteiger partial charge in [-0.15, -0.1) is 0 Å². The maximum absolute atomic E-state index is 12.4. The molecule has 0 aromatic carbocycles. The molecule has 1 fully saturated rings. The predicted molar refractivity (Wildman–Crippen MR) is 65.5 cm³/mol. The lowest BCUT2D eigenvalue weighted by atomic mass is 9.84. The summed E-state index contributed by atoms with van der Waals surface area (Å²) in [5, 5.41) is 3.74. The number of carbonyl (C=O) groups excluding carboxylic acids is 1. The minimum Gasteiger partial charge on any atom is -0.370 e. The lowest BCUT2D eigenvalue weighted by Gasteiger charge is -2.32. The van der Waals surface area contributed by atoms with Crippen LogP contribution in [0, 0.1) is 0 Å². The van der Waals surface area contributed by atoms with E-state index in [1.807, 2.05) is 0 Å². The Hall–Kier alpha value is -1.44. The molecule has 1 aromatic rings. The number of hydrogen-bond acceptors (Lipinski definition) is 5. The summed E-state index contributed by atoms with van der Waals surface area (Å²) in [6.45, 7) is 1.10. The molecule has 1 saturated carbocycles. The molecule has 0 N–H and O–H groups in total. The smallest absolute Gasteiger partial charge is 0.370 e. The van der Waals surface area contributed by atoms with E-state index in [4.69, 9.17) is 9.26 Å². The van der Waals surface area contributed by atoms with Crippen molar-refractivity contribution in [3.63, 3.8) is 0 Å². The molecule has 1 aromatic heterocycles. The molecule has 0 radical (unpaired) electrons. The highest BCUT2D eigenvalue weighted by Gasteiger charge is 2.45. The second kappa shape index (κ2) is 5.75. The van der Waals surface area contributed by atoms with Crippen molar-refractivity contribution in [2.45, 2.75) is 56.7 Å². The SMILES string of the molecule is COC1(c2noc(C(C)C(=O)C(F)(F)F)n2)CCCCC1. The molecule has 5 nitrogen and oxygen atoms in total. The summed E-state index contributed by atoms with van der Waals surface area (Å²) in [4.78, 5) is 15.2. The van der Waals surface area contributed by atoms with Crippen molar-refractivity contribution >= 4 is 5.78 Å². The van der Waals surface area contributed by atoms with E-state index in [0.29, 0.717) is 12.8 Å². The van der Waals surface area contributed by atoms with Crippen LogP contribution in [-0.4, -0.2) is 29.2 Å². The van der Waals surface area contributed by atoms with Gasteiger partial charge in [0.1, 0.15) is 11.5 Å². The molecule has 1 heterocycles. The van der Waals surface area contributed by atoms with Crippen LogP contribution in [0.3, 0.4) is 0 Å². The molecule has 1 aliphatic rings. The number of carbonyl (C=O) groups is 1. The lowest BCUT2D eigenvalue weighted by molar-refractivity contribution is -0.172. The number of rotatable bonds is 4. The van der Waals surface area contributed by atoms with E-state index in [9.17, 15) is 18.0 Å². The summed E-state index contributed by atoms with van der Waals surface area (Å²) in [5.74, 6) is -3.51. The molecule has 0 saturated heterocycles. The summed E-state index contributed by atoms with van der Waals surface area (Å²) in [6.07, 6.45) is -0.631. The summed E-state index contributed by atoms with van der Waals surface area (Å²) in [6, 6.07) is 0. The Balaban J connectivity index is 2.23. The van der Waals surface area contributed by atoms with Gasteiger partial charge >= 0.3 is 6.18 Å². The van der Waals surface area contributed by atoms with Gasteiger partial charge in [0.2, 0.25) is 17.5 Å². The Morgan fingerprint density at radius 1 is 1.33 bits per heavy atom. The average molecular weight is 306 g/mol. The van der Waals surface area contributed by atoms with Crippen molar-refractivity contribution < 1.29 is 27.2 Å². The normalized spacial score (nSPS) is 20.2. The fourth-order valence-corrected chi connectivity index (χ4v) is 2.60. The molecule has 2 rings (SSSR count). The first-order valence-corrected chi connectivity index (χ1v) is 6.80. The van der Waals surface area contributed by atoms with Crippen LogP contribution >= 0.6 is 0 Å². The van der Waals surface area contributed by atoms with E-state index in [1.165, 1.54) is 7.11 Å². The topological polar surface area (TPSA) is 65.2 Å². The fraction of sp³-hybridized carbons (Fsp3) is 0.769. The molecule has 0 spiro atoms. The first-order chi connectivity index (χ1) is 9.80. The fourth-order valence-electron chi connectivity index (χ4n) is 2.60. The van der Waals surface area contributed by atoms with Crippen LogP contribution in [0.2, 0.25) is 0 Å². The zero-order valence-corrected chi connectivity index (χ0v) is 11.9. The van der Waals surface area contributed by atoms with Crippen LogP contribution in [0.25, 0.3) is 0 Å². The Kier molecular flexibility index (Phi) is 4.36. The molecule has 8 heteroatoms. The van der Waals surface area contributed by atoms with Crippen molar-refractivity contribution in [2.24, 2.45) is 0 Å². The molecule has 1 aliphatic carbocycles. The van der Waals surface area contributed by atoms with Gasteiger partial charge < -0.3 is 9.26 Å². The third-order valence-corrected chi connectivity index (χ3v) is 3.94. The summed E-state index contributed by atoms with van der Waals surface area (Å²) in [5.41, 5.74) is -0.721. The third-order valence-electron chi connectivity index (χ3n) is 3.94. The molecule has 0 bridgehead atoms. The molecule has 1 unspecified atom stereocenters. The minimum absolute atomic E-state index is 0.224. The Morgan fingerprint density at radius 3 is 2.48 bits per heavy atom. The lowest BCUT2D eigenvalue weighted by Crippen LogP contribution is -2.32. The molecule has 21 heavy (non-hydrogen) atoms. The Morgan fingerprint density at radius 2 is 1.95 bits per heavy atom. The number of halogens is 3. The molecule has 118 valence electrons. The van der Waals surface area contributed by atoms with Gasteiger partial charge in [0, 0.05) is 7.11 Å². The van der Waals surface area contributed by atoms with Gasteiger partial charge in [-0.25, -0.2) is 0 Å². The molecule has 1 atom stereocenters. The van der Waals surface area contributed by atoms with Crippen LogP contribution in [0.1, 0.15) is 56.7 Å². The maximum Gasteiger partial charge on any atom is 0.450 e. The maximum atomic E-state index is 12.4. The number of ether oxygens (including phenoxy) is 1. The van der Waals surface area contributed by atoms with Crippen molar-refractivity contribution in [3.8, 4) is 0 Å². The Bertz CT molecular complexity index is 507. The second-order valence-corrected chi connectivity index (χ2v) is 5.30.